The number of carboxylic acid groups (broad SMARTS) is 2. The SMILES string of the molecule is CC(O)C(O)C(C)(C)C.O=C(O)c1ccccc1.O=C(O)c1ccccc1. The predicted octanol–water partition coefficient (Wildman–Crippen LogP) is 3.54. The summed E-state index contributed by atoms with van der Waals surface area (Å²) in [6.45, 7) is 7.27. The third-order valence-corrected chi connectivity index (χ3v) is 3.39. The molecule has 0 heterocycles. The van der Waals surface area contributed by atoms with E-state index in [9.17, 15) is 14.7 Å². The summed E-state index contributed by atoms with van der Waals surface area (Å²) in [5.74, 6) is -1.76. The van der Waals surface area contributed by atoms with Crippen molar-refractivity contribution in [1.82, 2.24) is 0 Å². The molecule has 2 aromatic carbocycles. The van der Waals surface area contributed by atoms with Gasteiger partial charge >= 0.3 is 11.9 Å². The highest BCUT2D eigenvalue weighted by Crippen LogP contribution is 2.21. The summed E-state index contributed by atoms with van der Waals surface area (Å²) in [4.78, 5) is 20.4. The van der Waals surface area contributed by atoms with Gasteiger partial charge in [0.1, 0.15) is 0 Å². The van der Waals surface area contributed by atoms with E-state index < -0.39 is 24.1 Å². The molecule has 0 fully saturated rings. The van der Waals surface area contributed by atoms with Gasteiger partial charge in [-0.05, 0) is 36.6 Å². The van der Waals surface area contributed by atoms with Gasteiger partial charge in [-0.2, -0.15) is 0 Å². The van der Waals surface area contributed by atoms with Crippen molar-refractivity contribution in [2.75, 3.05) is 0 Å². The molecule has 2 atom stereocenters. The van der Waals surface area contributed by atoms with Crippen LogP contribution in [0.3, 0.4) is 0 Å². The minimum atomic E-state index is -0.879. The van der Waals surface area contributed by atoms with E-state index in [2.05, 4.69) is 0 Å². The number of aromatic carboxylic acids is 2. The largest absolute Gasteiger partial charge is 0.478 e. The maximum absolute atomic E-state index is 10.2. The first-order chi connectivity index (χ1) is 12.5. The fraction of sp³-hybridized carbons (Fsp3) is 0.333. The van der Waals surface area contributed by atoms with Crippen LogP contribution in [-0.4, -0.2) is 44.6 Å². The first kappa shape index (κ1) is 24.3. The predicted molar refractivity (Wildman–Crippen MR) is 104 cm³/mol. The van der Waals surface area contributed by atoms with Crippen LogP contribution in [0.1, 0.15) is 48.4 Å². The van der Waals surface area contributed by atoms with E-state index >= 15 is 0 Å². The molecule has 0 aliphatic rings. The van der Waals surface area contributed by atoms with Crippen LogP contribution in [0.25, 0.3) is 0 Å². The number of benzene rings is 2. The summed E-state index contributed by atoms with van der Waals surface area (Å²) in [5.41, 5.74) is 0.448. The molecule has 6 heteroatoms. The highest BCUT2D eigenvalue weighted by molar-refractivity contribution is 5.87. The van der Waals surface area contributed by atoms with Crippen molar-refractivity contribution in [3.05, 3.63) is 71.8 Å². The normalized spacial score (nSPS) is 12.4. The fourth-order valence-corrected chi connectivity index (χ4v) is 1.89. The molecule has 0 radical (unpaired) electrons. The zero-order valence-electron chi connectivity index (χ0n) is 16.0. The van der Waals surface area contributed by atoms with Crippen LogP contribution in [-0.2, 0) is 0 Å². The van der Waals surface area contributed by atoms with Gasteiger partial charge in [0.05, 0.1) is 23.3 Å². The Bertz CT molecular complexity index is 625. The summed E-state index contributed by atoms with van der Waals surface area (Å²) in [6.07, 6.45) is -1.26. The number of carboxylic acids is 2. The Morgan fingerprint density at radius 3 is 1.15 bits per heavy atom. The van der Waals surface area contributed by atoms with E-state index in [1.807, 2.05) is 20.8 Å². The van der Waals surface area contributed by atoms with Crippen molar-refractivity contribution in [2.45, 2.75) is 39.9 Å². The van der Waals surface area contributed by atoms with Gasteiger partial charge in [0.2, 0.25) is 0 Å². The summed E-state index contributed by atoms with van der Waals surface area (Å²) in [5, 5.41) is 34.9. The lowest BCUT2D eigenvalue weighted by atomic mass is 9.86. The molecule has 0 saturated carbocycles. The Balaban J connectivity index is 0.000000376. The zero-order valence-corrected chi connectivity index (χ0v) is 16.0. The first-order valence-electron chi connectivity index (χ1n) is 8.39. The molecule has 148 valence electrons. The van der Waals surface area contributed by atoms with Crippen molar-refractivity contribution in [2.24, 2.45) is 5.41 Å². The average molecular weight is 376 g/mol. The van der Waals surface area contributed by atoms with Gasteiger partial charge < -0.3 is 20.4 Å². The highest BCUT2D eigenvalue weighted by Gasteiger charge is 2.25. The van der Waals surface area contributed by atoms with Crippen LogP contribution in [0.15, 0.2) is 60.7 Å². The topological polar surface area (TPSA) is 115 Å². The third-order valence-electron chi connectivity index (χ3n) is 3.39. The Kier molecular flexibility index (Phi) is 10.6. The summed E-state index contributed by atoms with van der Waals surface area (Å²) in [6, 6.07) is 16.6. The van der Waals surface area contributed by atoms with Gasteiger partial charge in [-0.3, -0.25) is 0 Å². The van der Waals surface area contributed by atoms with E-state index in [1.54, 1.807) is 67.6 Å². The van der Waals surface area contributed by atoms with E-state index in [1.165, 1.54) is 0 Å². The number of rotatable bonds is 3. The van der Waals surface area contributed by atoms with Crippen LogP contribution >= 0.6 is 0 Å². The molecular weight excluding hydrogens is 348 g/mol. The molecule has 0 saturated heterocycles. The van der Waals surface area contributed by atoms with Crippen LogP contribution in [0.2, 0.25) is 0 Å². The lowest BCUT2D eigenvalue weighted by Gasteiger charge is -2.27. The second-order valence-electron chi connectivity index (χ2n) is 6.89. The van der Waals surface area contributed by atoms with Gasteiger partial charge in [0, 0.05) is 0 Å². The molecule has 4 N–H and O–H groups in total. The highest BCUT2D eigenvalue weighted by atomic mass is 16.4. The van der Waals surface area contributed by atoms with Gasteiger partial charge in [-0.15, -0.1) is 0 Å². The second kappa shape index (κ2) is 11.8. The molecule has 6 nitrogen and oxygen atoms in total. The third kappa shape index (κ3) is 10.8. The van der Waals surface area contributed by atoms with Crippen molar-refractivity contribution in [3.63, 3.8) is 0 Å². The maximum Gasteiger partial charge on any atom is 0.335 e. The maximum atomic E-state index is 10.2. The number of hydrogen-bond donors (Lipinski definition) is 4. The molecule has 0 aliphatic carbocycles. The molecule has 0 spiro atoms. The molecule has 27 heavy (non-hydrogen) atoms. The molecule has 0 bridgehead atoms. The molecule has 2 rings (SSSR count). The van der Waals surface area contributed by atoms with Crippen LogP contribution in [0.5, 0.6) is 0 Å². The lowest BCUT2D eigenvalue weighted by molar-refractivity contribution is -0.0350. The Labute approximate surface area is 159 Å². The standard InChI is InChI=1S/2C7H6O2.C7H16O2/c2*8-7(9)6-4-2-1-3-5-6;1-5(8)6(9)7(2,3)4/h2*1-5H,(H,8,9);5-6,8-9H,1-4H3. The number of carbonyl (C=O) groups is 2. The minimum absolute atomic E-state index is 0.214. The van der Waals surface area contributed by atoms with Crippen LogP contribution in [0, 0.1) is 5.41 Å². The molecular formula is C21H28O6. The number of aliphatic hydroxyl groups is 2. The first-order valence-corrected chi connectivity index (χ1v) is 8.39. The Morgan fingerprint density at radius 1 is 0.741 bits per heavy atom. The smallest absolute Gasteiger partial charge is 0.335 e. The van der Waals surface area contributed by atoms with Crippen LogP contribution in [0.4, 0.5) is 0 Å². The van der Waals surface area contributed by atoms with E-state index in [-0.39, 0.29) is 5.41 Å². The average Bonchev–Trinajstić information content (AvgIpc) is 2.62. The Morgan fingerprint density at radius 2 is 1.04 bits per heavy atom. The summed E-state index contributed by atoms with van der Waals surface area (Å²) < 4.78 is 0. The van der Waals surface area contributed by atoms with Gasteiger partial charge in [-0.1, -0.05) is 57.2 Å². The van der Waals surface area contributed by atoms with E-state index in [0.717, 1.165) is 0 Å². The molecule has 0 aromatic heterocycles. The Hall–Kier alpha value is -2.70. The molecule has 2 aromatic rings. The monoisotopic (exact) mass is 376 g/mol. The summed E-state index contributed by atoms with van der Waals surface area (Å²) in [7, 11) is 0. The number of hydrogen-bond acceptors (Lipinski definition) is 4. The molecule has 0 amide bonds. The van der Waals surface area contributed by atoms with Gasteiger partial charge in [0.25, 0.3) is 0 Å². The quantitative estimate of drug-likeness (QED) is 0.651. The van der Waals surface area contributed by atoms with E-state index in [4.69, 9.17) is 15.3 Å². The minimum Gasteiger partial charge on any atom is -0.478 e. The van der Waals surface area contributed by atoms with Crippen LogP contribution < -0.4 is 0 Å². The van der Waals surface area contributed by atoms with Crippen molar-refractivity contribution in [1.29, 1.82) is 0 Å². The zero-order chi connectivity index (χ0) is 21.0. The van der Waals surface area contributed by atoms with Crippen molar-refractivity contribution in [3.8, 4) is 0 Å². The fourth-order valence-electron chi connectivity index (χ4n) is 1.89. The lowest BCUT2D eigenvalue weighted by Crippen LogP contribution is -2.35. The van der Waals surface area contributed by atoms with Gasteiger partial charge in [0.15, 0.2) is 0 Å². The molecule has 2 unspecified atom stereocenters. The number of aliphatic hydroxyl groups excluding tert-OH is 2. The van der Waals surface area contributed by atoms with Gasteiger partial charge in [-0.25, -0.2) is 9.59 Å². The van der Waals surface area contributed by atoms with Crippen molar-refractivity contribution < 1.29 is 30.0 Å². The van der Waals surface area contributed by atoms with E-state index in [0.29, 0.717) is 11.1 Å². The van der Waals surface area contributed by atoms with Crippen molar-refractivity contribution >= 4 is 11.9 Å². The second-order valence-corrected chi connectivity index (χ2v) is 6.89. The molecule has 0 aliphatic heterocycles. The summed E-state index contributed by atoms with van der Waals surface area (Å²) >= 11 is 0.